The number of halogens is 1. The van der Waals surface area contributed by atoms with E-state index in [0.717, 1.165) is 18.0 Å². The monoisotopic (exact) mass is 186 g/mol. The molecule has 2 heterocycles. The standard InChI is InChI=1S/C8H11FN2S/c9-4-6-5-12-8(11-6)7-2-1-3-10-7/h5,7,10H,1-4H2. The minimum atomic E-state index is -0.441. The molecule has 1 aliphatic rings. The molecule has 1 saturated heterocycles. The summed E-state index contributed by atoms with van der Waals surface area (Å²) < 4.78 is 12.1. The lowest BCUT2D eigenvalue weighted by molar-refractivity contribution is 0.475. The number of hydrogen-bond acceptors (Lipinski definition) is 3. The molecule has 0 bridgehead atoms. The van der Waals surface area contributed by atoms with Crippen LogP contribution in [0.15, 0.2) is 5.38 Å². The van der Waals surface area contributed by atoms with Gasteiger partial charge in [0.25, 0.3) is 0 Å². The van der Waals surface area contributed by atoms with Crippen molar-refractivity contribution in [3.8, 4) is 0 Å². The minimum absolute atomic E-state index is 0.385. The van der Waals surface area contributed by atoms with E-state index in [1.807, 2.05) is 0 Å². The first-order valence-electron chi connectivity index (χ1n) is 4.14. The molecule has 1 aromatic heterocycles. The van der Waals surface area contributed by atoms with Gasteiger partial charge in [-0.3, -0.25) is 0 Å². The van der Waals surface area contributed by atoms with E-state index < -0.39 is 6.67 Å². The van der Waals surface area contributed by atoms with Gasteiger partial charge in [0.05, 0.1) is 11.7 Å². The van der Waals surface area contributed by atoms with Crippen molar-refractivity contribution in [3.63, 3.8) is 0 Å². The molecular formula is C8H11FN2S. The number of alkyl halides is 1. The Morgan fingerprint density at radius 2 is 2.67 bits per heavy atom. The van der Waals surface area contributed by atoms with Gasteiger partial charge in [-0.1, -0.05) is 0 Å². The van der Waals surface area contributed by atoms with Crippen LogP contribution in [0.4, 0.5) is 4.39 Å². The van der Waals surface area contributed by atoms with Gasteiger partial charge in [-0.05, 0) is 19.4 Å². The van der Waals surface area contributed by atoms with Crippen molar-refractivity contribution < 1.29 is 4.39 Å². The Labute approximate surface area is 74.8 Å². The molecule has 0 aromatic carbocycles. The van der Waals surface area contributed by atoms with Crippen LogP contribution >= 0.6 is 11.3 Å². The first-order chi connectivity index (χ1) is 5.90. The Balaban J connectivity index is 2.11. The second-order valence-corrected chi connectivity index (χ2v) is 3.85. The Morgan fingerprint density at radius 1 is 1.75 bits per heavy atom. The van der Waals surface area contributed by atoms with Crippen LogP contribution in [0.2, 0.25) is 0 Å². The van der Waals surface area contributed by atoms with Gasteiger partial charge < -0.3 is 5.32 Å². The number of rotatable bonds is 2. The van der Waals surface area contributed by atoms with E-state index in [2.05, 4.69) is 10.3 Å². The molecule has 1 N–H and O–H groups in total. The fourth-order valence-electron chi connectivity index (χ4n) is 1.44. The van der Waals surface area contributed by atoms with Crippen molar-refractivity contribution in [1.82, 2.24) is 10.3 Å². The van der Waals surface area contributed by atoms with Crippen LogP contribution in [0, 0.1) is 0 Å². The molecular weight excluding hydrogens is 175 g/mol. The molecule has 1 aliphatic heterocycles. The van der Waals surface area contributed by atoms with Crippen LogP contribution in [0.3, 0.4) is 0 Å². The van der Waals surface area contributed by atoms with Gasteiger partial charge in [-0.2, -0.15) is 0 Å². The van der Waals surface area contributed by atoms with Crippen molar-refractivity contribution in [2.24, 2.45) is 0 Å². The summed E-state index contributed by atoms with van der Waals surface area (Å²) in [4.78, 5) is 4.19. The zero-order valence-electron chi connectivity index (χ0n) is 6.72. The molecule has 1 unspecified atom stereocenters. The van der Waals surface area contributed by atoms with Gasteiger partial charge >= 0.3 is 0 Å². The van der Waals surface area contributed by atoms with Crippen LogP contribution in [0.5, 0.6) is 0 Å². The van der Waals surface area contributed by atoms with Crippen LogP contribution < -0.4 is 5.32 Å². The largest absolute Gasteiger partial charge is 0.308 e. The molecule has 12 heavy (non-hydrogen) atoms. The minimum Gasteiger partial charge on any atom is -0.308 e. The first kappa shape index (κ1) is 8.13. The number of hydrogen-bond donors (Lipinski definition) is 1. The highest BCUT2D eigenvalue weighted by molar-refractivity contribution is 7.09. The van der Waals surface area contributed by atoms with Crippen LogP contribution in [0.25, 0.3) is 0 Å². The third-order valence-corrected chi connectivity index (χ3v) is 3.07. The van der Waals surface area contributed by atoms with Crippen molar-refractivity contribution in [2.45, 2.75) is 25.6 Å². The second-order valence-electron chi connectivity index (χ2n) is 2.96. The van der Waals surface area contributed by atoms with E-state index in [9.17, 15) is 4.39 Å². The molecule has 2 nitrogen and oxygen atoms in total. The lowest BCUT2D eigenvalue weighted by atomic mass is 10.2. The third-order valence-electron chi connectivity index (χ3n) is 2.06. The number of thiazole rings is 1. The molecule has 66 valence electrons. The highest BCUT2D eigenvalue weighted by Gasteiger charge is 2.18. The van der Waals surface area contributed by atoms with Gasteiger partial charge in [0.1, 0.15) is 11.7 Å². The molecule has 1 fully saturated rings. The lowest BCUT2D eigenvalue weighted by Crippen LogP contribution is -2.12. The Morgan fingerprint density at radius 3 is 3.25 bits per heavy atom. The summed E-state index contributed by atoms with van der Waals surface area (Å²) in [5.74, 6) is 0. The van der Waals surface area contributed by atoms with E-state index in [1.54, 1.807) is 16.7 Å². The number of aromatic nitrogens is 1. The Bertz CT molecular complexity index is 255. The molecule has 2 rings (SSSR count). The maximum Gasteiger partial charge on any atom is 0.132 e. The molecule has 1 atom stereocenters. The fraction of sp³-hybridized carbons (Fsp3) is 0.625. The van der Waals surface area contributed by atoms with Crippen molar-refractivity contribution in [1.29, 1.82) is 0 Å². The first-order valence-corrected chi connectivity index (χ1v) is 5.02. The summed E-state index contributed by atoms with van der Waals surface area (Å²) in [7, 11) is 0. The summed E-state index contributed by atoms with van der Waals surface area (Å²) in [5.41, 5.74) is 0.573. The van der Waals surface area contributed by atoms with Gasteiger partial charge in [-0.15, -0.1) is 11.3 Å². The van der Waals surface area contributed by atoms with Crippen molar-refractivity contribution in [3.05, 3.63) is 16.1 Å². The predicted molar refractivity (Wildman–Crippen MR) is 46.9 cm³/mol. The van der Waals surface area contributed by atoms with Gasteiger partial charge in [-0.25, -0.2) is 9.37 Å². The van der Waals surface area contributed by atoms with Crippen LogP contribution in [-0.2, 0) is 6.67 Å². The van der Waals surface area contributed by atoms with Crippen LogP contribution in [-0.4, -0.2) is 11.5 Å². The molecule has 4 heteroatoms. The van der Waals surface area contributed by atoms with E-state index in [4.69, 9.17) is 0 Å². The maximum absolute atomic E-state index is 12.1. The average molecular weight is 186 g/mol. The zero-order chi connectivity index (χ0) is 8.39. The van der Waals surface area contributed by atoms with Gasteiger partial charge in [0, 0.05) is 5.38 Å². The zero-order valence-corrected chi connectivity index (χ0v) is 7.53. The summed E-state index contributed by atoms with van der Waals surface area (Å²) in [5, 5.41) is 6.18. The van der Waals surface area contributed by atoms with Crippen LogP contribution in [0.1, 0.15) is 29.6 Å². The summed E-state index contributed by atoms with van der Waals surface area (Å²) in [6.45, 7) is 0.623. The van der Waals surface area contributed by atoms with Gasteiger partial charge in [0.15, 0.2) is 0 Å². The fourth-order valence-corrected chi connectivity index (χ4v) is 2.35. The Kier molecular flexibility index (Phi) is 2.37. The average Bonchev–Trinajstić information content (AvgIpc) is 2.75. The van der Waals surface area contributed by atoms with E-state index in [1.165, 1.54) is 6.42 Å². The smallest absolute Gasteiger partial charge is 0.132 e. The third kappa shape index (κ3) is 1.49. The van der Waals surface area contributed by atoms with Crippen molar-refractivity contribution >= 4 is 11.3 Å². The van der Waals surface area contributed by atoms with E-state index in [-0.39, 0.29) is 0 Å². The quantitative estimate of drug-likeness (QED) is 0.764. The topological polar surface area (TPSA) is 24.9 Å². The summed E-state index contributed by atoms with van der Waals surface area (Å²) >= 11 is 1.56. The normalized spacial score (nSPS) is 23.2. The van der Waals surface area contributed by atoms with E-state index >= 15 is 0 Å². The highest BCUT2D eigenvalue weighted by Crippen LogP contribution is 2.25. The molecule has 1 aromatic rings. The molecule has 0 spiro atoms. The Hall–Kier alpha value is -0.480. The highest BCUT2D eigenvalue weighted by atomic mass is 32.1. The summed E-state index contributed by atoms with van der Waals surface area (Å²) in [6.07, 6.45) is 2.34. The van der Waals surface area contributed by atoms with E-state index in [0.29, 0.717) is 11.7 Å². The lowest BCUT2D eigenvalue weighted by Gasteiger charge is -2.03. The number of nitrogens with one attached hydrogen (secondary N) is 1. The molecule has 0 amide bonds. The molecule has 0 aliphatic carbocycles. The predicted octanol–water partition coefficient (Wildman–Crippen LogP) is 2.04. The number of nitrogens with zero attached hydrogens (tertiary/aromatic N) is 1. The molecule has 0 saturated carbocycles. The van der Waals surface area contributed by atoms with Gasteiger partial charge in [0.2, 0.25) is 0 Å². The summed E-state index contributed by atoms with van der Waals surface area (Å²) in [6, 6.07) is 0.385. The SMILES string of the molecule is FCc1csc(C2CCCN2)n1. The molecule has 0 radical (unpaired) electrons. The van der Waals surface area contributed by atoms with Crippen molar-refractivity contribution in [2.75, 3.05) is 6.54 Å². The second kappa shape index (κ2) is 3.49. The maximum atomic E-state index is 12.1.